The standard InChI is InChI=1S/C9H4Cl2FNO/c10-6-3-5(1-2-8(13)14)9(11)7(12)4-6/h3-4H,(H2,13,14). The summed E-state index contributed by atoms with van der Waals surface area (Å²) < 4.78 is 13.0. The van der Waals surface area contributed by atoms with Gasteiger partial charge in [0.05, 0.1) is 5.02 Å². The van der Waals surface area contributed by atoms with Crippen LogP contribution in [0.2, 0.25) is 10.0 Å². The van der Waals surface area contributed by atoms with Crippen LogP contribution in [-0.2, 0) is 4.79 Å². The number of hydrogen-bond donors (Lipinski definition) is 1. The van der Waals surface area contributed by atoms with E-state index >= 15 is 0 Å². The molecule has 2 nitrogen and oxygen atoms in total. The molecule has 0 saturated carbocycles. The summed E-state index contributed by atoms with van der Waals surface area (Å²) in [5.41, 5.74) is 4.92. The van der Waals surface area contributed by atoms with Crippen LogP contribution in [0.5, 0.6) is 0 Å². The van der Waals surface area contributed by atoms with Crippen LogP contribution in [0.15, 0.2) is 12.1 Å². The number of hydrogen-bond acceptors (Lipinski definition) is 1. The second-order valence-corrected chi connectivity index (χ2v) is 3.18. The molecule has 5 heteroatoms. The van der Waals surface area contributed by atoms with E-state index in [0.717, 1.165) is 6.07 Å². The lowest BCUT2D eigenvalue weighted by Gasteiger charge is -1.98. The van der Waals surface area contributed by atoms with Gasteiger partial charge in [0, 0.05) is 16.5 Å². The highest BCUT2D eigenvalue weighted by Gasteiger charge is 2.06. The molecule has 0 atom stereocenters. The van der Waals surface area contributed by atoms with E-state index in [9.17, 15) is 9.18 Å². The third-order valence-electron chi connectivity index (χ3n) is 1.31. The average Bonchev–Trinajstić information content (AvgIpc) is 2.08. The SMILES string of the molecule is NC(=O)C#Cc1cc(Cl)cc(F)c1Cl. The summed E-state index contributed by atoms with van der Waals surface area (Å²) in [5, 5.41) is -0.0242. The lowest BCUT2D eigenvalue weighted by Crippen LogP contribution is -2.06. The molecule has 0 saturated heterocycles. The molecular weight excluding hydrogens is 228 g/mol. The summed E-state index contributed by atoms with van der Waals surface area (Å²) in [4.78, 5) is 10.3. The lowest BCUT2D eigenvalue weighted by atomic mass is 10.2. The molecule has 1 amide bonds. The maximum atomic E-state index is 13.0. The number of nitrogens with two attached hydrogens (primary N) is 1. The fourth-order valence-corrected chi connectivity index (χ4v) is 1.14. The number of amides is 1. The highest BCUT2D eigenvalue weighted by atomic mass is 35.5. The summed E-state index contributed by atoms with van der Waals surface area (Å²) >= 11 is 11.1. The smallest absolute Gasteiger partial charge is 0.293 e. The average molecular weight is 232 g/mol. The fourth-order valence-electron chi connectivity index (χ4n) is 0.776. The monoisotopic (exact) mass is 231 g/mol. The van der Waals surface area contributed by atoms with Gasteiger partial charge in [0.2, 0.25) is 0 Å². The molecule has 1 aromatic carbocycles. The Balaban J connectivity index is 3.23. The molecule has 0 unspecified atom stereocenters. The molecule has 0 bridgehead atoms. The number of carbonyl (C=O) groups is 1. The highest BCUT2D eigenvalue weighted by Crippen LogP contribution is 2.23. The Kier molecular flexibility index (Phi) is 3.34. The molecule has 2 N–H and O–H groups in total. The topological polar surface area (TPSA) is 43.1 Å². The van der Waals surface area contributed by atoms with Crippen molar-refractivity contribution in [3.8, 4) is 11.8 Å². The van der Waals surface area contributed by atoms with E-state index < -0.39 is 11.7 Å². The minimum Gasteiger partial charge on any atom is -0.359 e. The molecule has 0 spiro atoms. The van der Waals surface area contributed by atoms with Crippen molar-refractivity contribution < 1.29 is 9.18 Å². The molecular formula is C9H4Cl2FNO. The Morgan fingerprint density at radius 3 is 2.64 bits per heavy atom. The number of carbonyl (C=O) groups excluding carboxylic acids is 1. The van der Waals surface area contributed by atoms with Gasteiger partial charge in [0.25, 0.3) is 5.91 Å². The molecule has 0 aliphatic rings. The summed E-state index contributed by atoms with van der Waals surface area (Å²) in [7, 11) is 0. The molecule has 0 heterocycles. The molecule has 0 aromatic heterocycles. The minimum absolute atomic E-state index is 0.135. The zero-order valence-corrected chi connectivity index (χ0v) is 8.29. The second-order valence-electron chi connectivity index (χ2n) is 2.36. The van der Waals surface area contributed by atoms with Crippen LogP contribution >= 0.6 is 23.2 Å². The van der Waals surface area contributed by atoms with Gasteiger partial charge in [-0.15, -0.1) is 0 Å². The van der Waals surface area contributed by atoms with Crippen molar-refractivity contribution >= 4 is 29.1 Å². The van der Waals surface area contributed by atoms with Gasteiger partial charge in [-0.1, -0.05) is 29.1 Å². The predicted molar refractivity (Wildman–Crippen MR) is 52.5 cm³/mol. The number of halogens is 3. The zero-order chi connectivity index (χ0) is 10.7. The Morgan fingerprint density at radius 1 is 1.43 bits per heavy atom. The van der Waals surface area contributed by atoms with Crippen LogP contribution in [0, 0.1) is 17.7 Å². The molecule has 0 aliphatic heterocycles. The van der Waals surface area contributed by atoms with Gasteiger partial charge < -0.3 is 5.73 Å². The van der Waals surface area contributed by atoms with Crippen molar-refractivity contribution in [2.45, 2.75) is 0 Å². The van der Waals surface area contributed by atoms with E-state index in [0.29, 0.717) is 0 Å². The summed E-state index contributed by atoms with van der Waals surface area (Å²) in [5.74, 6) is 2.84. The lowest BCUT2D eigenvalue weighted by molar-refractivity contribution is -0.112. The molecule has 1 aromatic rings. The van der Waals surface area contributed by atoms with Crippen LogP contribution in [0.1, 0.15) is 5.56 Å². The summed E-state index contributed by atoms with van der Waals surface area (Å²) in [6.07, 6.45) is 0. The van der Waals surface area contributed by atoms with Crippen molar-refractivity contribution in [3.05, 3.63) is 33.6 Å². The summed E-state index contributed by atoms with van der Waals surface area (Å²) in [6.45, 7) is 0. The Morgan fingerprint density at radius 2 is 2.07 bits per heavy atom. The van der Waals surface area contributed by atoms with E-state index in [1.54, 1.807) is 0 Å². The first-order valence-electron chi connectivity index (χ1n) is 3.46. The predicted octanol–water partition coefficient (Wildman–Crippen LogP) is 1.97. The molecule has 1 rings (SSSR count). The number of benzene rings is 1. The van der Waals surface area contributed by atoms with Crippen LogP contribution in [0.25, 0.3) is 0 Å². The van der Waals surface area contributed by atoms with E-state index in [1.807, 2.05) is 5.92 Å². The first kappa shape index (κ1) is 10.8. The van der Waals surface area contributed by atoms with Gasteiger partial charge in [-0.05, 0) is 12.1 Å². The molecule has 14 heavy (non-hydrogen) atoms. The van der Waals surface area contributed by atoms with E-state index in [1.165, 1.54) is 6.07 Å². The number of rotatable bonds is 0. The van der Waals surface area contributed by atoms with Gasteiger partial charge in [-0.25, -0.2) is 4.39 Å². The van der Waals surface area contributed by atoms with E-state index in [4.69, 9.17) is 28.9 Å². The van der Waals surface area contributed by atoms with Gasteiger partial charge in [-0.2, -0.15) is 0 Å². The first-order valence-corrected chi connectivity index (χ1v) is 4.22. The third kappa shape index (κ3) is 2.63. The summed E-state index contributed by atoms with van der Waals surface area (Å²) in [6, 6.07) is 2.41. The van der Waals surface area contributed by atoms with Gasteiger partial charge in [-0.3, -0.25) is 4.79 Å². The second kappa shape index (κ2) is 4.32. The van der Waals surface area contributed by atoms with Crippen LogP contribution < -0.4 is 5.73 Å². The molecule has 0 radical (unpaired) electrons. The number of primary amides is 1. The maximum Gasteiger partial charge on any atom is 0.293 e. The van der Waals surface area contributed by atoms with Crippen molar-refractivity contribution in [1.82, 2.24) is 0 Å². The van der Waals surface area contributed by atoms with Gasteiger partial charge >= 0.3 is 0 Å². The van der Waals surface area contributed by atoms with E-state index in [2.05, 4.69) is 5.92 Å². The Bertz CT molecular complexity index is 448. The minimum atomic E-state index is -0.818. The third-order valence-corrected chi connectivity index (χ3v) is 1.92. The normalized spacial score (nSPS) is 9.07. The molecule has 0 fully saturated rings. The maximum absolute atomic E-state index is 13.0. The first-order chi connectivity index (χ1) is 6.50. The largest absolute Gasteiger partial charge is 0.359 e. The van der Waals surface area contributed by atoms with Gasteiger partial charge in [0.15, 0.2) is 0 Å². The molecule has 72 valence electrons. The Hall–Kier alpha value is -1.24. The van der Waals surface area contributed by atoms with Crippen LogP contribution in [0.3, 0.4) is 0 Å². The van der Waals surface area contributed by atoms with Crippen LogP contribution in [0.4, 0.5) is 4.39 Å². The van der Waals surface area contributed by atoms with Gasteiger partial charge in [0.1, 0.15) is 5.82 Å². The van der Waals surface area contributed by atoms with Crippen molar-refractivity contribution in [3.63, 3.8) is 0 Å². The quantitative estimate of drug-likeness (QED) is 0.539. The Labute approximate surface area is 89.8 Å². The fraction of sp³-hybridized carbons (Fsp3) is 0. The van der Waals surface area contributed by atoms with Crippen molar-refractivity contribution in [2.24, 2.45) is 5.73 Å². The zero-order valence-electron chi connectivity index (χ0n) is 6.77. The van der Waals surface area contributed by atoms with Crippen molar-refractivity contribution in [1.29, 1.82) is 0 Å². The van der Waals surface area contributed by atoms with Crippen LogP contribution in [-0.4, -0.2) is 5.91 Å². The van der Waals surface area contributed by atoms with Crippen molar-refractivity contribution in [2.75, 3.05) is 0 Å². The van der Waals surface area contributed by atoms with E-state index in [-0.39, 0.29) is 15.6 Å². The highest BCUT2D eigenvalue weighted by molar-refractivity contribution is 6.34. The molecule has 0 aliphatic carbocycles.